The molecular weight excluding hydrogens is 98.1 g/mol. The molecule has 0 aromatic rings. The van der Waals surface area contributed by atoms with Gasteiger partial charge in [0, 0.05) is 6.54 Å². The van der Waals surface area contributed by atoms with Crippen LogP contribution in [0.15, 0.2) is 0 Å². The SMILES string of the molecule is [C]N(C)CC(C)CC. The zero-order chi connectivity index (χ0) is 6.57. The van der Waals surface area contributed by atoms with Crippen molar-refractivity contribution in [1.29, 1.82) is 0 Å². The van der Waals surface area contributed by atoms with E-state index in [1.807, 2.05) is 0 Å². The highest BCUT2D eigenvalue weighted by atomic mass is 15.0. The predicted molar refractivity (Wildman–Crippen MR) is 35.3 cm³/mol. The lowest BCUT2D eigenvalue weighted by Gasteiger charge is -2.12. The molecule has 0 aliphatic heterocycles. The van der Waals surface area contributed by atoms with Crippen LogP contribution in [0.4, 0.5) is 0 Å². The first kappa shape index (κ1) is 7.96. The van der Waals surface area contributed by atoms with Crippen molar-refractivity contribution in [2.75, 3.05) is 13.6 Å². The third-order valence-electron chi connectivity index (χ3n) is 1.28. The molecule has 1 nitrogen and oxygen atoms in total. The normalized spacial score (nSPS) is 14.6. The molecule has 0 fully saturated rings. The second-order valence-corrected chi connectivity index (χ2v) is 2.39. The van der Waals surface area contributed by atoms with Crippen LogP contribution in [0.5, 0.6) is 0 Å². The van der Waals surface area contributed by atoms with E-state index >= 15 is 0 Å². The molecule has 3 radical (unpaired) electrons. The first-order valence-corrected chi connectivity index (χ1v) is 3.09. The van der Waals surface area contributed by atoms with Crippen LogP contribution in [0, 0.1) is 13.0 Å². The Labute approximate surface area is 52.7 Å². The van der Waals surface area contributed by atoms with Crippen molar-refractivity contribution in [3.8, 4) is 0 Å². The molecule has 0 saturated carbocycles. The maximum absolute atomic E-state index is 7.04. The highest BCUT2D eigenvalue weighted by Gasteiger charge is 1.98. The maximum Gasteiger partial charge on any atom is 0.0880 e. The molecule has 0 spiro atoms. The molecule has 1 atom stereocenters. The minimum Gasteiger partial charge on any atom is -0.295 e. The number of nitrogens with zero attached hydrogens (tertiary/aromatic N) is 1. The highest BCUT2D eigenvalue weighted by molar-refractivity contribution is 4.54. The summed E-state index contributed by atoms with van der Waals surface area (Å²) in [5.74, 6) is 0.664. The Hall–Kier alpha value is -0.0400. The fraction of sp³-hybridized carbons (Fsp3) is 0.857. The van der Waals surface area contributed by atoms with Crippen molar-refractivity contribution in [3.05, 3.63) is 7.05 Å². The summed E-state index contributed by atoms with van der Waals surface area (Å²) in [7, 11) is 8.83. The summed E-state index contributed by atoms with van der Waals surface area (Å²) >= 11 is 0. The van der Waals surface area contributed by atoms with Crippen LogP contribution < -0.4 is 0 Å². The first-order valence-electron chi connectivity index (χ1n) is 3.09. The third-order valence-corrected chi connectivity index (χ3v) is 1.28. The summed E-state index contributed by atoms with van der Waals surface area (Å²) in [5, 5.41) is 0. The maximum atomic E-state index is 7.04. The van der Waals surface area contributed by atoms with Gasteiger partial charge in [-0.1, -0.05) is 20.3 Å². The molecular formula is C7H14N. The Morgan fingerprint density at radius 1 is 1.62 bits per heavy atom. The third kappa shape index (κ3) is 4.13. The van der Waals surface area contributed by atoms with Gasteiger partial charge in [-0.2, -0.15) is 0 Å². The Kier molecular flexibility index (Phi) is 3.88. The molecule has 0 saturated heterocycles. The molecule has 0 aliphatic carbocycles. The molecule has 0 rings (SSSR count). The molecule has 0 heterocycles. The molecule has 47 valence electrons. The van der Waals surface area contributed by atoms with Crippen LogP contribution >= 0.6 is 0 Å². The number of hydrogen-bond acceptors (Lipinski definition) is 1. The van der Waals surface area contributed by atoms with Gasteiger partial charge in [0.15, 0.2) is 0 Å². The van der Waals surface area contributed by atoms with Crippen LogP contribution in [0.1, 0.15) is 20.3 Å². The van der Waals surface area contributed by atoms with Crippen molar-refractivity contribution >= 4 is 0 Å². The van der Waals surface area contributed by atoms with Gasteiger partial charge < -0.3 is 0 Å². The lowest BCUT2D eigenvalue weighted by Crippen LogP contribution is -2.16. The molecule has 0 aromatic carbocycles. The summed E-state index contributed by atoms with van der Waals surface area (Å²) in [6, 6.07) is 0. The first-order chi connectivity index (χ1) is 3.66. The minimum absolute atomic E-state index is 0.664. The van der Waals surface area contributed by atoms with Crippen LogP contribution in [-0.4, -0.2) is 18.5 Å². The van der Waals surface area contributed by atoms with E-state index in [4.69, 9.17) is 7.05 Å². The predicted octanol–water partition coefficient (Wildman–Crippen LogP) is 1.51. The molecule has 0 amide bonds. The number of hydrogen-bond donors (Lipinski definition) is 0. The van der Waals surface area contributed by atoms with Crippen LogP contribution in [0.3, 0.4) is 0 Å². The van der Waals surface area contributed by atoms with Gasteiger partial charge in [-0.15, -0.1) is 0 Å². The van der Waals surface area contributed by atoms with Crippen LogP contribution in [-0.2, 0) is 0 Å². The van der Waals surface area contributed by atoms with E-state index in [1.54, 1.807) is 7.05 Å². The molecule has 0 aromatic heterocycles. The summed E-state index contributed by atoms with van der Waals surface area (Å²) in [6.07, 6.45) is 1.17. The largest absolute Gasteiger partial charge is 0.295 e. The van der Waals surface area contributed by atoms with Gasteiger partial charge in [0.1, 0.15) is 0 Å². The monoisotopic (exact) mass is 112 g/mol. The average molecular weight is 112 g/mol. The Balaban J connectivity index is 3.10. The minimum atomic E-state index is 0.664. The van der Waals surface area contributed by atoms with Crippen LogP contribution in [0.2, 0.25) is 0 Å². The molecule has 1 unspecified atom stereocenters. The quantitative estimate of drug-likeness (QED) is 0.535. The van der Waals surface area contributed by atoms with Crippen molar-refractivity contribution in [1.82, 2.24) is 4.90 Å². The summed E-state index contributed by atoms with van der Waals surface area (Å²) < 4.78 is 0. The van der Waals surface area contributed by atoms with Crippen molar-refractivity contribution in [2.24, 2.45) is 5.92 Å². The van der Waals surface area contributed by atoms with Gasteiger partial charge in [0.25, 0.3) is 0 Å². The summed E-state index contributed by atoms with van der Waals surface area (Å²) in [4.78, 5) is 1.48. The van der Waals surface area contributed by atoms with Gasteiger partial charge in [0.05, 0.1) is 7.05 Å². The lowest BCUT2D eigenvalue weighted by molar-refractivity contribution is 0.362. The highest BCUT2D eigenvalue weighted by Crippen LogP contribution is 2.00. The van der Waals surface area contributed by atoms with Gasteiger partial charge in [0.2, 0.25) is 0 Å². The van der Waals surface area contributed by atoms with Crippen LogP contribution in [0.25, 0.3) is 0 Å². The molecule has 0 bridgehead atoms. The topological polar surface area (TPSA) is 3.24 Å². The molecule has 8 heavy (non-hydrogen) atoms. The van der Waals surface area contributed by atoms with E-state index in [2.05, 4.69) is 13.8 Å². The second-order valence-electron chi connectivity index (χ2n) is 2.39. The van der Waals surface area contributed by atoms with Gasteiger partial charge in [-0.25, -0.2) is 0 Å². The van der Waals surface area contributed by atoms with E-state index < -0.39 is 0 Å². The van der Waals surface area contributed by atoms with Crippen molar-refractivity contribution < 1.29 is 0 Å². The van der Waals surface area contributed by atoms with E-state index in [0.717, 1.165) is 6.54 Å². The standard InChI is InChI=1S/C7H14N/c1-5-7(2)6-8(3)4/h7H,5-6H2,1-3H3. The average Bonchev–Trinajstić information content (AvgIpc) is 1.65. The molecule has 0 aliphatic rings. The Bertz CT molecular complexity index is 50.3. The van der Waals surface area contributed by atoms with Crippen molar-refractivity contribution in [3.63, 3.8) is 0 Å². The van der Waals surface area contributed by atoms with Gasteiger partial charge >= 0.3 is 0 Å². The number of rotatable bonds is 3. The van der Waals surface area contributed by atoms with Gasteiger partial charge in [-0.05, 0) is 13.0 Å². The zero-order valence-electron chi connectivity index (χ0n) is 5.94. The molecule has 0 N–H and O–H groups in total. The molecule has 1 heteroatoms. The smallest absolute Gasteiger partial charge is 0.0880 e. The fourth-order valence-corrected chi connectivity index (χ4v) is 0.597. The van der Waals surface area contributed by atoms with Gasteiger partial charge in [-0.3, -0.25) is 4.90 Å². The van der Waals surface area contributed by atoms with Crippen molar-refractivity contribution in [2.45, 2.75) is 20.3 Å². The lowest BCUT2D eigenvalue weighted by atomic mass is 10.1. The second kappa shape index (κ2) is 3.90. The Morgan fingerprint density at radius 2 is 2.12 bits per heavy atom. The van der Waals surface area contributed by atoms with E-state index in [1.165, 1.54) is 11.3 Å². The Morgan fingerprint density at radius 3 is 2.25 bits per heavy atom. The van der Waals surface area contributed by atoms with E-state index in [0.29, 0.717) is 5.92 Å². The summed E-state index contributed by atoms with van der Waals surface area (Å²) in [6.45, 7) is 5.19. The summed E-state index contributed by atoms with van der Waals surface area (Å²) in [5.41, 5.74) is 0. The van der Waals surface area contributed by atoms with E-state index in [9.17, 15) is 0 Å². The van der Waals surface area contributed by atoms with E-state index in [-0.39, 0.29) is 0 Å². The zero-order valence-corrected chi connectivity index (χ0v) is 5.94. The fourth-order valence-electron chi connectivity index (χ4n) is 0.597.